The fourth-order valence-electron chi connectivity index (χ4n) is 4.05. The number of likely N-dealkylation sites (tertiary alicyclic amines) is 1. The molecule has 2 heterocycles. The average Bonchev–Trinajstić information content (AvgIpc) is 3.34. The first-order valence-corrected chi connectivity index (χ1v) is 11.7. The molecule has 1 fully saturated rings. The summed E-state index contributed by atoms with van der Waals surface area (Å²) in [6.07, 6.45) is 1.90. The van der Waals surface area contributed by atoms with Crippen molar-refractivity contribution in [2.24, 2.45) is 0 Å². The molecule has 32 heavy (non-hydrogen) atoms. The molecule has 1 saturated heterocycles. The van der Waals surface area contributed by atoms with Crippen molar-refractivity contribution in [1.82, 2.24) is 4.90 Å². The number of carboxylic acids is 1. The molecular formula is C26H27NO4S. The fraction of sp³-hybridized carbons (Fsp3) is 0.308. The molecule has 1 unspecified atom stereocenters. The van der Waals surface area contributed by atoms with Crippen LogP contribution in [0, 0.1) is 0 Å². The van der Waals surface area contributed by atoms with Gasteiger partial charge in [0.15, 0.2) is 5.60 Å². The van der Waals surface area contributed by atoms with Crippen LogP contribution >= 0.6 is 11.3 Å². The summed E-state index contributed by atoms with van der Waals surface area (Å²) in [5.41, 5.74) is 2.64. The number of rotatable bonds is 6. The minimum absolute atomic E-state index is 0.0474. The predicted molar refractivity (Wildman–Crippen MR) is 126 cm³/mol. The molecule has 4 rings (SSSR count). The number of thiophene rings is 1. The second-order valence-corrected chi connectivity index (χ2v) is 9.45. The van der Waals surface area contributed by atoms with Gasteiger partial charge >= 0.3 is 5.97 Å². The van der Waals surface area contributed by atoms with E-state index in [4.69, 9.17) is 4.74 Å². The maximum atomic E-state index is 13.3. The van der Waals surface area contributed by atoms with E-state index in [0.29, 0.717) is 17.9 Å². The van der Waals surface area contributed by atoms with Crippen LogP contribution in [0.25, 0.3) is 11.1 Å². The van der Waals surface area contributed by atoms with Crippen LogP contribution in [0.1, 0.15) is 48.5 Å². The van der Waals surface area contributed by atoms with Gasteiger partial charge in [-0.2, -0.15) is 11.3 Å². The molecule has 0 radical (unpaired) electrons. The Morgan fingerprint density at radius 3 is 2.66 bits per heavy atom. The summed E-state index contributed by atoms with van der Waals surface area (Å²) >= 11 is 1.64. The van der Waals surface area contributed by atoms with E-state index < -0.39 is 11.6 Å². The lowest BCUT2D eigenvalue weighted by atomic mass is 9.90. The Balaban J connectivity index is 1.49. The predicted octanol–water partition coefficient (Wildman–Crippen LogP) is 5.68. The van der Waals surface area contributed by atoms with Gasteiger partial charge in [0.25, 0.3) is 5.91 Å². The average molecular weight is 450 g/mol. The highest BCUT2D eigenvalue weighted by molar-refractivity contribution is 7.08. The van der Waals surface area contributed by atoms with Gasteiger partial charge in [0, 0.05) is 24.6 Å². The molecule has 6 heteroatoms. The van der Waals surface area contributed by atoms with Crippen molar-refractivity contribution < 1.29 is 19.4 Å². The number of aliphatic carboxylic acids is 1. The zero-order valence-electron chi connectivity index (χ0n) is 18.3. The van der Waals surface area contributed by atoms with Crippen molar-refractivity contribution in [3.8, 4) is 16.9 Å². The summed E-state index contributed by atoms with van der Waals surface area (Å²) in [6, 6.07) is 17.5. The minimum atomic E-state index is -1.30. The number of carboxylic acid groups (broad SMARTS) is 1. The maximum absolute atomic E-state index is 13.3. The molecule has 1 N–H and O–H groups in total. The van der Waals surface area contributed by atoms with Crippen molar-refractivity contribution in [2.45, 2.75) is 38.2 Å². The molecule has 2 aromatic carbocycles. The number of carbonyl (C=O) groups excluding carboxylic acids is 1. The van der Waals surface area contributed by atoms with Gasteiger partial charge in [0.2, 0.25) is 0 Å². The van der Waals surface area contributed by atoms with Gasteiger partial charge in [-0.05, 0) is 84.5 Å². The lowest BCUT2D eigenvalue weighted by Gasteiger charge is -2.33. The Kier molecular flexibility index (Phi) is 6.33. The highest BCUT2D eigenvalue weighted by atomic mass is 32.1. The van der Waals surface area contributed by atoms with Crippen LogP contribution in [0.4, 0.5) is 0 Å². The smallest absolute Gasteiger partial charge is 0.347 e. The Morgan fingerprint density at radius 1 is 1.09 bits per heavy atom. The molecule has 1 aliphatic rings. The Bertz CT molecular complexity index is 1110. The van der Waals surface area contributed by atoms with E-state index in [0.717, 1.165) is 36.1 Å². The summed E-state index contributed by atoms with van der Waals surface area (Å²) < 4.78 is 5.71. The first-order valence-electron chi connectivity index (χ1n) is 10.8. The number of hydrogen-bond donors (Lipinski definition) is 1. The quantitative estimate of drug-likeness (QED) is 0.526. The molecular weight excluding hydrogens is 422 g/mol. The van der Waals surface area contributed by atoms with E-state index in [-0.39, 0.29) is 11.8 Å². The number of carbonyl (C=O) groups is 2. The SMILES string of the molecule is CC(C)(Oc1cccc(C2CCCN(C(=O)c3cccc(-c4ccsc4)c3)C2)c1)C(=O)O. The van der Waals surface area contributed by atoms with Gasteiger partial charge in [-0.3, -0.25) is 4.79 Å². The second kappa shape index (κ2) is 9.17. The van der Waals surface area contributed by atoms with Crippen LogP contribution in [-0.2, 0) is 4.79 Å². The van der Waals surface area contributed by atoms with Crippen LogP contribution in [0.3, 0.4) is 0 Å². The van der Waals surface area contributed by atoms with E-state index in [1.165, 1.54) is 13.8 Å². The van der Waals surface area contributed by atoms with Gasteiger partial charge < -0.3 is 14.7 Å². The van der Waals surface area contributed by atoms with Crippen LogP contribution < -0.4 is 4.74 Å². The Labute approximate surface area is 192 Å². The van der Waals surface area contributed by atoms with Crippen molar-refractivity contribution in [3.63, 3.8) is 0 Å². The molecule has 1 aliphatic heterocycles. The number of nitrogens with zero attached hydrogens (tertiary/aromatic N) is 1. The number of ether oxygens (including phenoxy) is 1. The summed E-state index contributed by atoms with van der Waals surface area (Å²) in [7, 11) is 0. The third-order valence-corrected chi connectivity index (χ3v) is 6.57. The van der Waals surface area contributed by atoms with E-state index in [1.807, 2.05) is 52.7 Å². The van der Waals surface area contributed by atoms with Gasteiger partial charge in [-0.1, -0.05) is 24.3 Å². The molecule has 166 valence electrons. The van der Waals surface area contributed by atoms with E-state index >= 15 is 0 Å². The zero-order chi connectivity index (χ0) is 22.7. The largest absolute Gasteiger partial charge is 0.478 e. The molecule has 5 nitrogen and oxygen atoms in total. The zero-order valence-corrected chi connectivity index (χ0v) is 19.1. The van der Waals surface area contributed by atoms with Crippen molar-refractivity contribution in [2.75, 3.05) is 13.1 Å². The lowest BCUT2D eigenvalue weighted by Crippen LogP contribution is -2.39. The van der Waals surface area contributed by atoms with Gasteiger partial charge in [-0.15, -0.1) is 0 Å². The summed E-state index contributed by atoms with van der Waals surface area (Å²) in [5, 5.41) is 13.5. The molecule has 1 atom stereocenters. The highest BCUT2D eigenvalue weighted by Gasteiger charge is 2.30. The standard InChI is InChI=1S/C26H27NO4S/c1-26(2,25(29)30)31-23-10-4-7-19(15-23)21-9-5-12-27(16-21)24(28)20-8-3-6-18(14-20)22-11-13-32-17-22/h3-4,6-8,10-11,13-15,17,21H,5,9,12,16H2,1-2H3,(H,29,30). The van der Waals surface area contributed by atoms with Gasteiger partial charge in [-0.25, -0.2) is 4.79 Å². The monoisotopic (exact) mass is 449 g/mol. The third kappa shape index (κ3) is 4.86. The Hall–Kier alpha value is -3.12. The highest BCUT2D eigenvalue weighted by Crippen LogP contribution is 2.31. The molecule has 1 aromatic heterocycles. The minimum Gasteiger partial charge on any atom is -0.478 e. The topological polar surface area (TPSA) is 66.8 Å². The maximum Gasteiger partial charge on any atom is 0.347 e. The van der Waals surface area contributed by atoms with Crippen molar-refractivity contribution in [1.29, 1.82) is 0 Å². The van der Waals surface area contributed by atoms with Crippen LogP contribution in [0.2, 0.25) is 0 Å². The first kappa shape index (κ1) is 22.1. The number of amides is 1. The molecule has 0 aliphatic carbocycles. The summed E-state index contributed by atoms with van der Waals surface area (Å²) in [6.45, 7) is 4.44. The number of piperidine rings is 1. The molecule has 0 spiro atoms. The van der Waals surface area contributed by atoms with Gasteiger partial charge in [0.05, 0.1) is 0 Å². The second-order valence-electron chi connectivity index (χ2n) is 8.67. The van der Waals surface area contributed by atoms with Gasteiger partial charge in [0.1, 0.15) is 5.75 Å². The molecule has 0 saturated carbocycles. The van der Waals surface area contributed by atoms with Crippen LogP contribution in [0.5, 0.6) is 5.75 Å². The number of hydrogen-bond acceptors (Lipinski definition) is 4. The van der Waals surface area contributed by atoms with E-state index in [9.17, 15) is 14.7 Å². The lowest BCUT2D eigenvalue weighted by molar-refractivity contribution is -0.152. The summed E-state index contributed by atoms with van der Waals surface area (Å²) in [5.74, 6) is -0.251. The van der Waals surface area contributed by atoms with Crippen molar-refractivity contribution >= 4 is 23.2 Å². The molecule has 1 amide bonds. The van der Waals surface area contributed by atoms with Crippen molar-refractivity contribution in [3.05, 3.63) is 76.5 Å². The molecule has 3 aromatic rings. The first-order chi connectivity index (χ1) is 15.3. The summed E-state index contributed by atoms with van der Waals surface area (Å²) in [4.78, 5) is 26.6. The van der Waals surface area contributed by atoms with E-state index in [1.54, 1.807) is 17.4 Å². The van der Waals surface area contributed by atoms with E-state index in [2.05, 4.69) is 11.4 Å². The Morgan fingerprint density at radius 2 is 1.91 bits per heavy atom. The van der Waals surface area contributed by atoms with Crippen LogP contribution in [-0.4, -0.2) is 40.6 Å². The van der Waals surface area contributed by atoms with Crippen LogP contribution in [0.15, 0.2) is 65.4 Å². The fourth-order valence-corrected chi connectivity index (χ4v) is 4.71. The molecule has 0 bridgehead atoms. The normalized spacial score (nSPS) is 16.6. The third-order valence-electron chi connectivity index (χ3n) is 5.89. The number of benzene rings is 2.